The van der Waals surface area contributed by atoms with Crippen molar-refractivity contribution in [3.63, 3.8) is 0 Å². The highest BCUT2D eigenvalue weighted by Crippen LogP contribution is 2.40. The van der Waals surface area contributed by atoms with Gasteiger partial charge in [0.25, 0.3) is 5.91 Å². The highest BCUT2D eigenvalue weighted by atomic mass is 32.1. The normalized spacial score (nSPS) is 18.1. The molecule has 0 unspecified atom stereocenters. The number of carbonyl (C=O) groups excluding carboxylic acids is 1. The smallest absolute Gasteiger partial charge is 0.253 e. The van der Waals surface area contributed by atoms with Crippen molar-refractivity contribution in [1.29, 1.82) is 0 Å². The lowest BCUT2D eigenvalue weighted by atomic mass is 10.1. The molecular formula is C20H25N3O2S. The van der Waals surface area contributed by atoms with E-state index >= 15 is 0 Å². The molecule has 1 aliphatic carbocycles. The largest absolute Gasteiger partial charge is 0.494 e. The maximum atomic E-state index is 12.7. The molecule has 2 fully saturated rings. The van der Waals surface area contributed by atoms with Crippen LogP contribution in [0.1, 0.15) is 46.7 Å². The Morgan fingerprint density at radius 3 is 2.58 bits per heavy atom. The summed E-state index contributed by atoms with van der Waals surface area (Å²) in [6, 6.07) is 7.45. The molecule has 2 aliphatic rings. The van der Waals surface area contributed by atoms with Crippen LogP contribution in [0.2, 0.25) is 0 Å². The average molecular weight is 372 g/mol. The Balaban J connectivity index is 1.28. The van der Waals surface area contributed by atoms with Gasteiger partial charge in [0.05, 0.1) is 18.8 Å². The van der Waals surface area contributed by atoms with Gasteiger partial charge in [0, 0.05) is 43.0 Å². The van der Waals surface area contributed by atoms with Crippen LogP contribution in [0.3, 0.4) is 0 Å². The SMILES string of the molecule is CCOc1ccc(C(=O)N2CCN(Cc3nc(C4CC4)cs3)CC2)cc1. The number of amides is 1. The Morgan fingerprint density at radius 2 is 1.92 bits per heavy atom. The molecule has 1 amide bonds. The van der Waals surface area contributed by atoms with Crippen molar-refractivity contribution in [1.82, 2.24) is 14.8 Å². The summed E-state index contributed by atoms with van der Waals surface area (Å²) in [7, 11) is 0. The minimum absolute atomic E-state index is 0.109. The first-order chi connectivity index (χ1) is 12.7. The van der Waals surface area contributed by atoms with E-state index in [-0.39, 0.29) is 5.91 Å². The first-order valence-electron chi connectivity index (χ1n) is 9.41. The van der Waals surface area contributed by atoms with Crippen LogP contribution in [0.15, 0.2) is 29.6 Å². The van der Waals surface area contributed by atoms with E-state index in [0.29, 0.717) is 6.61 Å². The fourth-order valence-corrected chi connectivity index (χ4v) is 4.22. The van der Waals surface area contributed by atoms with Gasteiger partial charge in [0.1, 0.15) is 10.8 Å². The molecule has 1 aliphatic heterocycles. The van der Waals surface area contributed by atoms with E-state index in [1.807, 2.05) is 36.1 Å². The predicted molar refractivity (Wildman–Crippen MR) is 103 cm³/mol. The van der Waals surface area contributed by atoms with E-state index in [0.717, 1.165) is 50.0 Å². The van der Waals surface area contributed by atoms with Gasteiger partial charge in [0.2, 0.25) is 0 Å². The van der Waals surface area contributed by atoms with Gasteiger partial charge in [-0.1, -0.05) is 0 Å². The molecule has 1 aromatic carbocycles. The van der Waals surface area contributed by atoms with Crippen molar-refractivity contribution < 1.29 is 9.53 Å². The summed E-state index contributed by atoms with van der Waals surface area (Å²) >= 11 is 1.78. The van der Waals surface area contributed by atoms with Gasteiger partial charge in [-0.25, -0.2) is 4.98 Å². The Bertz CT molecular complexity index is 747. The number of hydrogen-bond acceptors (Lipinski definition) is 5. The van der Waals surface area contributed by atoms with Crippen molar-refractivity contribution in [2.75, 3.05) is 32.8 Å². The lowest BCUT2D eigenvalue weighted by Crippen LogP contribution is -2.48. The van der Waals surface area contributed by atoms with E-state index in [4.69, 9.17) is 9.72 Å². The highest BCUT2D eigenvalue weighted by Gasteiger charge is 2.27. The second-order valence-electron chi connectivity index (χ2n) is 6.97. The minimum atomic E-state index is 0.109. The van der Waals surface area contributed by atoms with Gasteiger partial charge >= 0.3 is 0 Å². The number of ether oxygens (including phenoxy) is 1. The average Bonchev–Trinajstić information content (AvgIpc) is 3.42. The van der Waals surface area contributed by atoms with Crippen LogP contribution >= 0.6 is 11.3 Å². The Kier molecular flexibility index (Phi) is 5.22. The molecule has 0 N–H and O–H groups in total. The summed E-state index contributed by atoms with van der Waals surface area (Å²) in [4.78, 5) is 21.8. The first-order valence-corrected chi connectivity index (χ1v) is 10.3. The second kappa shape index (κ2) is 7.76. The summed E-state index contributed by atoms with van der Waals surface area (Å²) < 4.78 is 5.44. The molecule has 0 spiro atoms. The predicted octanol–water partition coefficient (Wildman–Crippen LogP) is 3.38. The molecule has 2 heterocycles. The molecule has 6 heteroatoms. The number of aromatic nitrogens is 1. The summed E-state index contributed by atoms with van der Waals surface area (Å²) in [5.74, 6) is 1.64. The Morgan fingerprint density at radius 1 is 1.19 bits per heavy atom. The van der Waals surface area contributed by atoms with Crippen LogP contribution in [0.25, 0.3) is 0 Å². The van der Waals surface area contributed by atoms with Gasteiger partial charge in [-0.3, -0.25) is 9.69 Å². The number of benzene rings is 1. The highest BCUT2D eigenvalue weighted by molar-refractivity contribution is 7.09. The van der Waals surface area contributed by atoms with Gasteiger partial charge in [-0.05, 0) is 44.0 Å². The van der Waals surface area contributed by atoms with E-state index in [9.17, 15) is 4.79 Å². The van der Waals surface area contributed by atoms with Crippen LogP contribution in [0.5, 0.6) is 5.75 Å². The molecule has 138 valence electrons. The summed E-state index contributed by atoms with van der Waals surface area (Å²) in [6.07, 6.45) is 2.60. The second-order valence-corrected chi connectivity index (χ2v) is 7.91. The van der Waals surface area contributed by atoms with E-state index in [2.05, 4.69) is 10.3 Å². The lowest BCUT2D eigenvalue weighted by molar-refractivity contribution is 0.0628. The molecule has 5 nitrogen and oxygen atoms in total. The molecule has 2 aromatic rings. The quantitative estimate of drug-likeness (QED) is 0.781. The maximum Gasteiger partial charge on any atom is 0.253 e. The van der Waals surface area contributed by atoms with Crippen LogP contribution < -0.4 is 4.74 Å². The van der Waals surface area contributed by atoms with Crippen molar-refractivity contribution in [3.8, 4) is 5.75 Å². The summed E-state index contributed by atoms with van der Waals surface area (Å²) in [6.45, 7) is 6.85. The van der Waals surface area contributed by atoms with Crippen LogP contribution in [-0.4, -0.2) is 53.5 Å². The van der Waals surface area contributed by atoms with E-state index in [1.165, 1.54) is 23.5 Å². The standard InChI is InChI=1S/C20H25N3O2S/c1-2-25-17-7-5-16(6-8-17)20(24)23-11-9-22(10-12-23)13-19-21-18(14-26-19)15-3-4-15/h5-8,14-15H,2-4,9-13H2,1H3. The molecule has 1 saturated heterocycles. The third-order valence-corrected chi connectivity index (χ3v) is 5.85. The Labute approximate surface area is 158 Å². The monoisotopic (exact) mass is 371 g/mol. The van der Waals surface area contributed by atoms with Crippen molar-refractivity contribution in [3.05, 3.63) is 45.9 Å². The molecule has 1 aromatic heterocycles. The number of nitrogens with zero attached hydrogens (tertiary/aromatic N) is 3. The zero-order valence-electron chi connectivity index (χ0n) is 15.2. The maximum absolute atomic E-state index is 12.7. The van der Waals surface area contributed by atoms with Crippen LogP contribution in [0, 0.1) is 0 Å². The van der Waals surface area contributed by atoms with Crippen molar-refractivity contribution >= 4 is 17.2 Å². The fraction of sp³-hybridized carbons (Fsp3) is 0.500. The Hall–Kier alpha value is -1.92. The molecule has 0 radical (unpaired) electrons. The summed E-state index contributed by atoms with van der Waals surface area (Å²) in [5.41, 5.74) is 2.02. The zero-order chi connectivity index (χ0) is 17.9. The van der Waals surface area contributed by atoms with Gasteiger partial charge in [-0.2, -0.15) is 0 Å². The summed E-state index contributed by atoms with van der Waals surface area (Å²) in [5, 5.41) is 3.43. The first kappa shape index (κ1) is 17.5. The minimum Gasteiger partial charge on any atom is -0.494 e. The van der Waals surface area contributed by atoms with Gasteiger partial charge in [-0.15, -0.1) is 11.3 Å². The van der Waals surface area contributed by atoms with Crippen LogP contribution in [-0.2, 0) is 6.54 Å². The fourth-order valence-electron chi connectivity index (χ4n) is 3.31. The van der Waals surface area contributed by atoms with E-state index < -0.39 is 0 Å². The van der Waals surface area contributed by atoms with Crippen molar-refractivity contribution in [2.45, 2.75) is 32.2 Å². The van der Waals surface area contributed by atoms with E-state index in [1.54, 1.807) is 11.3 Å². The van der Waals surface area contributed by atoms with Gasteiger partial charge in [0.15, 0.2) is 0 Å². The number of rotatable bonds is 6. The third kappa shape index (κ3) is 4.07. The lowest BCUT2D eigenvalue weighted by Gasteiger charge is -2.34. The molecule has 0 atom stereocenters. The molecule has 26 heavy (non-hydrogen) atoms. The number of carbonyl (C=O) groups is 1. The molecular weight excluding hydrogens is 346 g/mol. The topological polar surface area (TPSA) is 45.7 Å². The molecule has 4 rings (SSSR count). The number of piperazine rings is 1. The van der Waals surface area contributed by atoms with Crippen LogP contribution in [0.4, 0.5) is 0 Å². The third-order valence-electron chi connectivity index (χ3n) is 5.00. The number of thiazole rings is 1. The number of hydrogen-bond donors (Lipinski definition) is 0. The molecule has 1 saturated carbocycles. The zero-order valence-corrected chi connectivity index (χ0v) is 16.0. The van der Waals surface area contributed by atoms with Gasteiger partial charge < -0.3 is 9.64 Å². The van der Waals surface area contributed by atoms with Crippen molar-refractivity contribution in [2.24, 2.45) is 0 Å². The molecule has 0 bridgehead atoms.